The first kappa shape index (κ1) is 24.7. The van der Waals surface area contributed by atoms with Crippen molar-refractivity contribution in [2.45, 2.75) is 58.5 Å². The van der Waals surface area contributed by atoms with E-state index in [1.165, 1.54) is 19.9 Å². The number of nitrogens with one attached hydrogen (secondary N) is 1. The summed E-state index contributed by atoms with van der Waals surface area (Å²) in [7, 11) is 0. The van der Waals surface area contributed by atoms with E-state index in [2.05, 4.69) is 5.32 Å². The number of cyclic esters (lactones) is 2. The van der Waals surface area contributed by atoms with Gasteiger partial charge in [-0.15, -0.1) is 0 Å². The fourth-order valence-corrected chi connectivity index (χ4v) is 2.89. The quantitative estimate of drug-likeness (QED) is 0.295. The van der Waals surface area contributed by atoms with Crippen LogP contribution < -0.4 is 5.32 Å². The van der Waals surface area contributed by atoms with Crippen LogP contribution >= 0.6 is 0 Å². The van der Waals surface area contributed by atoms with Gasteiger partial charge in [-0.1, -0.05) is 6.07 Å². The Morgan fingerprint density at radius 2 is 1.81 bits per heavy atom. The third-order valence-electron chi connectivity index (χ3n) is 4.13. The fourth-order valence-electron chi connectivity index (χ4n) is 2.89. The van der Waals surface area contributed by atoms with Gasteiger partial charge < -0.3 is 19.5 Å². The molecule has 1 saturated heterocycles. The molecular formula is C20H23FN2O9. The number of rotatable bonds is 6. The lowest BCUT2D eigenvalue weighted by Gasteiger charge is -2.33. The molecule has 1 fully saturated rings. The number of Topliss-reactive ketones (excluding diaryl/α,β-unsaturated/α-hetero) is 1. The van der Waals surface area contributed by atoms with Gasteiger partial charge in [0.2, 0.25) is 11.7 Å². The van der Waals surface area contributed by atoms with Gasteiger partial charge in [0.25, 0.3) is 5.79 Å². The molecule has 1 amide bonds. The molecule has 0 aromatic heterocycles. The third-order valence-corrected chi connectivity index (χ3v) is 4.13. The molecule has 1 atom stereocenters. The SMILES string of the molecule is CC(C)(C)OC(=O)NC(Cc1ccc(F)c([N+](=O)[O-])c1)C(=O)C1C(=O)OC(C)(C)OC1=O. The van der Waals surface area contributed by atoms with E-state index in [0.29, 0.717) is 0 Å². The van der Waals surface area contributed by atoms with Gasteiger partial charge in [-0.05, 0) is 32.4 Å². The van der Waals surface area contributed by atoms with Crippen LogP contribution in [-0.4, -0.2) is 46.2 Å². The Bertz CT molecular complexity index is 948. The van der Waals surface area contributed by atoms with Crippen LogP contribution in [0, 0.1) is 21.8 Å². The van der Waals surface area contributed by atoms with E-state index in [-0.39, 0.29) is 5.56 Å². The first-order chi connectivity index (χ1) is 14.6. The van der Waals surface area contributed by atoms with Gasteiger partial charge in [0.05, 0.1) is 11.0 Å². The summed E-state index contributed by atoms with van der Waals surface area (Å²) in [4.78, 5) is 59.9. The highest BCUT2D eigenvalue weighted by atomic mass is 19.1. The molecule has 0 bridgehead atoms. The van der Waals surface area contributed by atoms with Crippen molar-refractivity contribution in [3.05, 3.63) is 39.7 Å². The molecule has 0 saturated carbocycles. The van der Waals surface area contributed by atoms with Gasteiger partial charge in [0.15, 0.2) is 5.78 Å². The molecular weight excluding hydrogens is 431 g/mol. The van der Waals surface area contributed by atoms with E-state index >= 15 is 0 Å². The van der Waals surface area contributed by atoms with Crippen molar-refractivity contribution in [1.29, 1.82) is 0 Å². The minimum absolute atomic E-state index is 0.0883. The summed E-state index contributed by atoms with van der Waals surface area (Å²) in [6.07, 6.45) is -1.44. The van der Waals surface area contributed by atoms with E-state index in [9.17, 15) is 33.7 Å². The average molecular weight is 454 g/mol. The molecule has 32 heavy (non-hydrogen) atoms. The molecule has 2 rings (SSSR count). The number of halogens is 1. The van der Waals surface area contributed by atoms with E-state index in [1.54, 1.807) is 20.8 Å². The van der Waals surface area contributed by atoms with E-state index < -0.39 is 70.0 Å². The summed E-state index contributed by atoms with van der Waals surface area (Å²) in [5.41, 5.74) is -1.69. The summed E-state index contributed by atoms with van der Waals surface area (Å²) >= 11 is 0. The molecule has 1 N–H and O–H groups in total. The molecule has 12 heteroatoms. The van der Waals surface area contributed by atoms with Gasteiger partial charge in [0.1, 0.15) is 5.60 Å². The zero-order valence-electron chi connectivity index (χ0n) is 18.1. The molecule has 0 spiro atoms. The second kappa shape index (κ2) is 8.89. The number of nitro groups is 1. The normalized spacial score (nSPS) is 17.1. The number of hydrogen-bond acceptors (Lipinski definition) is 9. The summed E-state index contributed by atoms with van der Waals surface area (Å²) < 4.78 is 28.7. The number of hydrogen-bond donors (Lipinski definition) is 1. The molecule has 11 nitrogen and oxygen atoms in total. The summed E-state index contributed by atoms with van der Waals surface area (Å²) in [6.45, 7) is 7.33. The van der Waals surface area contributed by atoms with Crippen molar-refractivity contribution < 1.29 is 42.7 Å². The zero-order chi connectivity index (χ0) is 24.4. The average Bonchev–Trinajstić information content (AvgIpc) is 2.59. The Labute approximate surface area is 182 Å². The molecule has 1 aliphatic rings. The number of ketones is 1. The summed E-state index contributed by atoms with van der Waals surface area (Å²) in [5.74, 6) is -8.07. The topological polar surface area (TPSA) is 151 Å². The maximum Gasteiger partial charge on any atom is 0.408 e. The maximum absolute atomic E-state index is 13.7. The number of esters is 2. The molecule has 1 aromatic rings. The van der Waals surface area contributed by atoms with Gasteiger partial charge in [-0.2, -0.15) is 4.39 Å². The molecule has 174 valence electrons. The number of carbonyl (C=O) groups excluding carboxylic acids is 4. The van der Waals surface area contributed by atoms with Crippen molar-refractivity contribution >= 4 is 29.5 Å². The largest absolute Gasteiger partial charge is 0.444 e. The highest BCUT2D eigenvalue weighted by molar-refractivity contribution is 6.17. The van der Waals surface area contributed by atoms with Crippen molar-refractivity contribution in [2.24, 2.45) is 5.92 Å². The summed E-state index contributed by atoms with van der Waals surface area (Å²) in [5, 5.41) is 13.3. The van der Waals surface area contributed by atoms with E-state index in [0.717, 1.165) is 12.1 Å². The van der Waals surface area contributed by atoms with Crippen molar-refractivity contribution in [2.75, 3.05) is 0 Å². The third kappa shape index (κ3) is 6.22. The second-order valence-electron chi connectivity index (χ2n) is 8.52. The molecule has 1 aliphatic heterocycles. The summed E-state index contributed by atoms with van der Waals surface area (Å²) in [6, 6.07) is 1.34. The van der Waals surface area contributed by atoms with Crippen LogP contribution in [0.4, 0.5) is 14.9 Å². The van der Waals surface area contributed by atoms with Crippen LogP contribution in [0.5, 0.6) is 0 Å². The lowest BCUT2D eigenvalue weighted by molar-refractivity contribution is -0.387. The monoisotopic (exact) mass is 454 g/mol. The van der Waals surface area contributed by atoms with Crippen molar-refractivity contribution in [3.63, 3.8) is 0 Å². The number of benzene rings is 1. The van der Waals surface area contributed by atoms with E-state index in [4.69, 9.17) is 14.2 Å². The second-order valence-corrected chi connectivity index (χ2v) is 8.52. The van der Waals surface area contributed by atoms with Gasteiger partial charge >= 0.3 is 23.7 Å². The lowest BCUT2D eigenvalue weighted by Crippen LogP contribution is -2.55. The van der Waals surface area contributed by atoms with Crippen LogP contribution in [-0.2, 0) is 35.0 Å². The van der Waals surface area contributed by atoms with Crippen LogP contribution in [0.2, 0.25) is 0 Å². The predicted octanol–water partition coefficient (Wildman–Crippen LogP) is 2.19. The van der Waals surface area contributed by atoms with Crippen molar-refractivity contribution in [3.8, 4) is 0 Å². The van der Waals surface area contributed by atoms with Gasteiger partial charge in [-0.25, -0.2) is 4.79 Å². The molecule has 1 aromatic carbocycles. The first-order valence-corrected chi connectivity index (χ1v) is 9.51. The maximum atomic E-state index is 13.7. The predicted molar refractivity (Wildman–Crippen MR) is 105 cm³/mol. The Kier molecular flexibility index (Phi) is 6.86. The fraction of sp³-hybridized carbons (Fsp3) is 0.500. The number of alkyl carbamates (subject to hydrolysis) is 1. The smallest absolute Gasteiger partial charge is 0.408 e. The highest BCUT2D eigenvalue weighted by Crippen LogP contribution is 2.26. The van der Waals surface area contributed by atoms with Crippen LogP contribution in [0.25, 0.3) is 0 Å². The lowest BCUT2D eigenvalue weighted by atomic mass is 9.92. The Hall–Kier alpha value is -3.57. The van der Waals surface area contributed by atoms with Gasteiger partial charge in [0, 0.05) is 26.3 Å². The standard InChI is InChI=1S/C20H23FN2O9/c1-19(2,3)32-18(27)22-12(8-10-6-7-11(21)13(9-10)23(28)29)15(24)14-16(25)30-20(4,5)31-17(14)26/h6-7,9,12,14H,8H2,1-5H3,(H,22,27). The van der Waals surface area contributed by atoms with E-state index in [1.807, 2.05) is 0 Å². The minimum Gasteiger partial charge on any atom is -0.444 e. The Morgan fingerprint density at radius 1 is 1.25 bits per heavy atom. The van der Waals surface area contributed by atoms with Crippen LogP contribution in [0.3, 0.4) is 0 Å². The van der Waals surface area contributed by atoms with Crippen molar-refractivity contribution in [1.82, 2.24) is 5.32 Å². The zero-order valence-corrected chi connectivity index (χ0v) is 18.1. The number of nitrogens with zero attached hydrogens (tertiary/aromatic N) is 1. The number of ether oxygens (including phenoxy) is 3. The number of nitro benzene ring substituents is 1. The van der Waals surface area contributed by atoms with Crippen LogP contribution in [0.1, 0.15) is 40.2 Å². The van der Waals surface area contributed by atoms with Crippen LogP contribution in [0.15, 0.2) is 18.2 Å². The highest BCUT2D eigenvalue weighted by Gasteiger charge is 2.49. The Balaban J connectivity index is 2.36. The number of amides is 1. The van der Waals surface area contributed by atoms with Gasteiger partial charge in [-0.3, -0.25) is 24.5 Å². The number of carbonyl (C=O) groups is 4. The molecule has 1 heterocycles. The minimum atomic E-state index is -1.99. The molecule has 1 unspecified atom stereocenters. The first-order valence-electron chi connectivity index (χ1n) is 9.51. The molecule has 0 radical (unpaired) electrons. The molecule has 0 aliphatic carbocycles. The Morgan fingerprint density at radius 3 is 2.31 bits per heavy atom.